The fourth-order valence-electron chi connectivity index (χ4n) is 2.82. The molecule has 1 aliphatic carbocycles. The van der Waals surface area contributed by atoms with Crippen LogP contribution in [-0.2, 0) is 28.6 Å². The van der Waals surface area contributed by atoms with Gasteiger partial charge in [-0.25, -0.2) is 8.78 Å². The number of rotatable bonds is 5. The SMILES string of the molecule is O=S(=O)(O[C@@H]1C(c2ccccc2)[C@H](OS(=O)(=O)C(F)(F)F)[C@H](F)C[C@@H]1F)C(F)(F)F. The Morgan fingerprint density at radius 2 is 1.10 bits per heavy atom. The molecule has 1 aliphatic rings. The number of alkyl halides is 8. The zero-order valence-corrected chi connectivity index (χ0v) is 15.9. The molecule has 0 amide bonds. The van der Waals surface area contributed by atoms with E-state index in [4.69, 9.17) is 0 Å². The Morgan fingerprint density at radius 1 is 0.733 bits per heavy atom. The van der Waals surface area contributed by atoms with Crippen LogP contribution in [0.4, 0.5) is 35.1 Å². The zero-order chi connectivity index (χ0) is 23.1. The van der Waals surface area contributed by atoms with Crippen LogP contribution in [0.15, 0.2) is 30.3 Å². The van der Waals surface area contributed by atoms with Crippen LogP contribution in [0.5, 0.6) is 0 Å². The molecule has 1 aromatic carbocycles. The van der Waals surface area contributed by atoms with Gasteiger partial charge in [-0.3, -0.25) is 8.37 Å². The van der Waals surface area contributed by atoms with Crippen molar-refractivity contribution in [1.29, 1.82) is 0 Å². The van der Waals surface area contributed by atoms with E-state index in [0.717, 1.165) is 24.3 Å². The van der Waals surface area contributed by atoms with Crippen LogP contribution >= 0.6 is 0 Å². The molecule has 0 bridgehead atoms. The van der Waals surface area contributed by atoms with Gasteiger partial charge in [0, 0.05) is 12.3 Å². The van der Waals surface area contributed by atoms with Crippen molar-refractivity contribution in [2.45, 2.75) is 47.9 Å². The van der Waals surface area contributed by atoms with Crippen LogP contribution in [-0.4, -0.2) is 52.4 Å². The van der Waals surface area contributed by atoms with E-state index in [0.29, 0.717) is 0 Å². The normalized spacial score (nSPS) is 29.0. The quantitative estimate of drug-likeness (QED) is 0.356. The fourth-order valence-corrected chi connectivity index (χ4v) is 4.10. The molecule has 172 valence electrons. The van der Waals surface area contributed by atoms with E-state index in [1.54, 1.807) is 0 Å². The summed E-state index contributed by atoms with van der Waals surface area (Å²) in [7, 11) is -12.9. The molecule has 5 atom stereocenters. The fraction of sp³-hybridized carbons (Fsp3) is 0.571. The predicted octanol–water partition coefficient (Wildman–Crippen LogP) is 3.32. The monoisotopic (exact) mass is 492 g/mol. The zero-order valence-electron chi connectivity index (χ0n) is 14.3. The Kier molecular flexibility index (Phi) is 6.76. The Bertz CT molecular complexity index is 887. The highest BCUT2D eigenvalue weighted by atomic mass is 32.2. The lowest BCUT2D eigenvalue weighted by Crippen LogP contribution is -2.53. The highest BCUT2D eigenvalue weighted by Crippen LogP contribution is 2.44. The van der Waals surface area contributed by atoms with E-state index >= 15 is 0 Å². The van der Waals surface area contributed by atoms with E-state index in [9.17, 15) is 52.0 Å². The second-order valence-corrected chi connectivity index (χ2v) is 9.25. The number of hydrogen-bond acceptors (Lipinski definition) is 6. The molecule has 30 heavy (non-hydrogen) atoms. The molecular weight excluding hydrogens is 480 g/mol. The van der Waals surface area contributed by atoms with E-state index in [2.05, 4.69) is 8.37 Å². The third kappa shape index (κ3) is 5.03. The van der Waals surface area contributed by atoms with Crippen molar-refractivity contribution in [3.8, 4) is 0 Å². The molecule has 1 saturated carbocycles. The van der Waals surface area contributed by atoms with Crippen LogP contribution in [0.25, 0.3) is 0 Å². The van der Waals surface area contributed by atoms with Crippen LogP contribution in [0.1, 0.15) is 17.9 Å². The Hall–Kier alpha value is -1.52. The summed E-state index contributed by atoms with van der Waals surface area (Å²) >= 11 is 0. The lowest BCUT2D eigenvalue weighted by atomic mass is 9.77. The largest absolute Gasteiger partial charge is 0.523 e. The maximum Gasteiger partial charge on any atom is 0.523 e. The minimum Gasteiger partial charge on any atom is -0.256 e. The van der Waals surface area contributed by atoms with Gasteiger partial charge < -0.3 is 0 Å². The van der Waals surface area contributed by atoms with E-state index in [-0.39, 0.29) is 0 Å². The molecule has 1 aromatic rings. The first-order valence-electron chi connectivity index (χ1n) is 7.80. The minimum absolute atomic E-state index is 0.410. The highest BCUT2D eigenvalue weighted by Gasteiger charge is 2.58. The van der Waals surface area contributed by atoms with Gasteiger partial charge in [-0.15, -0.1) is 0 Å². The maximum atomic E-state index is 14.4. The second-order valence-electron chi connectivity index (χ2n) is 6.13. The molecular formula is C14H12F8O6S2. The summed E-state index contributed by atoms with van der Waals surface area (Å²) in [6.45, 7) is 0. The standard InChI is InChI=1S/C14H12F8O6S2/c15-8-6-9(16)12(28-30(25,26)14(20,21)22)10(7-4-2-1-3-5-7)11(8)27-29(23,24)13(17,18)19/h1-5,8-12H,6H2/t8-,9+,10?,11-,12+. The van der Waals surface area contributed by atoms with Gasteiger partial charge in [-0.1, -0.05) is 30.3 Å². The van der Waals surface area contributed by atoms with Gasteiger partial charge >= 0.3 is 31.3 Å². The molecule has 0 aromatic heterocycles. The summed E-state index contributed by atoms with van der Waals surface area (Å²) < 4.78 is 158. The molecule has 16 heteroatoms. The van der Waals surface area contributed by atoms with Crippen molar-refractivity contribution in [3.63, 3.8) is 0 Å². The average Bonchev–Trinajstić information content (AvgIpc) is 2.57. The summed E-state index contributed by atoms with van der Waals surface area (Å²) in [6, 6.07) is 5.59. The van der Waals surface area contributed by atoms with E-state index < -0.39 is 73.7 Å². The highest BCUT2D eigenvalue weighted by molar-refractivity contribution is 7.87. The van der Waals surface area contributed by atoms with Crippen LogP contribution < -0.4 is 0 Å². The van der Waals surface area contributed by atoms with Gasteiger partial charge in [0.05, 0.1) is 0 Å². The number of benzene rings is 1. The van der Waals surface area contributed by atoms with Crippen molar-refractivity contribution in [2.75, 3.05) is 0 Å². The molecule has 0 heterocycles. The molecule has 1 fully saturated rings. The third-order valence-corrected chi connectivity index (χ3v) is 6.18. The van der Waals surface area contributed by atoms with Crippen LogP contribution in [0.2, 0.25) is 0 Å². The lowest BCUT2D eigenvalue weighted by molar-refractivity contribution is -0.0907. The molecule has 6 nitrogen and oxygen atoms in total. The van der Waals surface area contributed by atoms with Gasteiger partial charge in [-0.2, -0.15) is 43.2 Å². The molecule has 0 radical (unpaired) electrons. The molecule has 1 unspecified atom stereocenters. The van der Waals surface area contributed by atoms with E-state index in [1.165, 1.54) is 6.07 Å². The van der Waals surface area contributed by atoms with Gasteiger partial charge in [0.2, 0.25) is 0 Å². The van der Waals surface area contributed by atoms with Crippen molar-refractivity contribution in [2.24, 2.45) is 0 Å². The Balaban J connectivity index is 2.58. The van der Waals surface area contributed by atoms with Gasteiger partial charge in [0.15, 0.2) is 0 Å². The minimum atomic E-state index is -6.47. The van der Waals surface area contributed by atoms with Crippen LogP contribution in [0.3, 0.4) is 0 Å². The smallest absolute Gasteiger partial charge is 0.256 e. The summed E-state index contributed by atoms with van der Waals surface area (Å²) in [5, 5.41) is 0. The van der Waals surface area contributed by atoms with E-state index in [1.807, 2.05) is 0 Å². The van der Waals surface area contributed by atoms with Gasteiger partial charge in [0.25, 0.3) is 0 Å². The molecule has 0 N–H and O–H groups in total. The lowest BCUT2D eigenvalue weighted by Gasteiger charge is -2.40. The summed E-state index contributed by atoms with van der Waals surface area (Å²) in [4.78, 5) is 0. The van der Waals surface area contributed by atoms with Crippen molar-refractivity contribution in [1.82, 2.24) is 0 Å². The van der Waals surface area contributed by atoms with Crippen molar-refractivity contribution >= 4 is 20.2 Å². The second kappa shape index (κ2) is 8.20. The Labute approximate surface area is 165 Å². The Morgan fingerprint density at radius 3 is 1.43 bits per heavy atom. The maximum absolute atomic E-state index is 14.4. The number of hydrogen-bond donors (Lipinski definition) is 0. The average molecular weight is 492 g/mol. The first-order chi connectivity index (χ1) is 13.5. The summed E-state index contributed by atoms with van der Waals surface area (Å²) in [5.74, 6) is -2.29. The number of halogens is 8. The molecule has 0 saturated heterocycles. The molecule has 0 aliphatic heterocycles. The summed E-state index contributed by atoms with van der Waals surface area (Å²) in [5.41, 5.74) is -12.5. The van der Waals surface area contributed by atoms with Crippen molar-refractivity contribution in [3.05, 3.63) is 35.9 Å². The predicted molar refractivity (Wildman–Crippen MR) is 83.3 cm³/mol. The first kappa shape index (κ1) is 24.7. The van der Waals surface area contributed by atoms with Gasteiger partial charge in [-0.05, 0) is 5.56 Å². The topological polar surface area (TPSA) is 86.7 Å². The van der Waals surface area contributed by atoms with Gasteiger partial charge in [0.1, 0.15) is 24.6 Å². The molecule has 2 rings (SSSR count). The summed E-state index contributed by atoms with van der Waals surface area (Å²) in [6.07, 6.45) is -12.4. The van der Waals surface area contributed by atoms with Crippen LogP contribution in [0, 0.1) is 0 Å². The molecule has 0 spiro atoms. The van der Waals surface area contributed by atoms with Crippen molar-refractivity contribution < 1.29 is 60.3 Å². The third-order valence-electron chi connectivity index (χ3n) is 4.10. The first-order valence-corrected chi connectivity index (χ1v) is 10.6.